The Kier molecular flexibility index (Phi) is 5.23. The molecule has 0 saturated carbocycles. The van der Waals surface area contributed by atoms with Crippen LogP contribution in [0.3, 0.4) is 0 Å². The highest BCUT2D eigenvalue weighted by atomic mass is 32.1. The monoisotopic (exact) mass is 438 g/mol. The Morgan fingerprint density at radius 3 is 2.63 bits per heavy atom. The molecule has 3 heterocycles. The van der Waals surface area contributed by atoms with Crippen molar-refractivity contribution in [2.45, 2.75) is 6.61 Å². The molecule has 30 heavy (non-hydrogen) atoms. The number of H-pyrrole nitrogens is 1. The second-order valence-electron chi connectivity index (χ2n) is 5.78. The number of benzene rings is 1. The van der Waals surface area contributed by atoms with Crippen LogP contribution in [0.15, 0.2) is 50.5 Å². The van der Waals surface area contributed by atoms with Crippen molar-refractivity contribution in [3.05, 3.63) is 76.2 Å². The van der Waals surface area contributed by atoms with Gasteiger partial charge in [0.25, 0.3) is 0 Å². The van der Waals surface area contributed by atoms with Crippen LogP contribution in [-0.2, 0) is 6.61 Å². The Morgan fingerprint density at radius 2 is 1.93 bits per heavy atom. The average molecular weight is 438 g/mol. The van der Waals surface area contributed by atoms with E-state index < -0.39 is 35.6 Å². The van der Waals surface area contributed by atoms with Crippen molar-refractivity contribution in [2.75, 3.05) is 0 Å². The molecule has 4 aromatic rings. The van der Waals surface area contributed by atoms with Gasteiger partial charge in [0.05, 0.1) is 12.5 Å². The lowest BCUT2D eigenvalue weighted by molar-refractivity contribution is 0.237. The molecule has 0 unspecified atom stereocenters. The van der Waals surface area contributed by atoms with E-state index in [2.05, 4.69) is 15.3 Å². The van der Waals surface area contributed by atoms with Crippen LogP contribution >= 0.6 is 12.2 Å². The molecule has 0 amide bonds. The van der Waals surface area contributed by atoms with Gasteiger partial charge in [0.2, 0.25) is 22.2 Å². The number of halogens is 4. The highest BCUT2D eigenvalue weighted by molar-refractivity contribution is 7.71. The molecule has 0 saturated heterocycles. The van der Waals surface area contributed by atoms with Gasteiger partial charge in [-0.05, 0) is 36.5 Å². The summed E-state index contributed by atoms with van der Waals surface area (Å²) >= 11 is 5.12. The average Bonchev–Trinajstić information content (AvgIpc) is 3.46. The number of ether oxygens (including phenoxy) is 1. The molecule has 0 radical (unpaired) electrons. The largest absolute Gasteiger partial charge is 0.479 e. The summed E-state index contributed by atoms with van der Waals surface area (Å²) in [6.45, 7) is -0.479. The normalized spacial score (nSPS) is 11.5. The first kappa shape index (κ1) is 19.6. The van der Waals surface area contributed by atoms with Crippen molar-refractivity contribution in [1.29, 1.82) is 0 Å². The molecule has 12 heteroatoms. The minimum absolute atomic E-state index is 0.0942. The third-order valence-corrected chi connectivity index (χ3v) is 4.07. The van der Waals surface area contributed by atoms with E-state index in [4.69, 9.17) is 25.8 Å². The first-order chi connectivity index (χ1) is 14.4. The molecule has 0 aliphatic rings. The van der Waals surface area contributed by atoms with Crippen LogP contribution in [-0.4, -0.2) is 21.1 Å². The van der Waals surface area contributed by atoms with Gasteiger partial charge in [-0.2, -0.15) is 18.6 Å². The summed E-state index contributed by atoms with van der Waals surface area (Å²) in [6.07, 6.45) is 2.78. The second-order valence-corrected chi connectivity index (χ2v) is 6.16. The Morgan fingerprint density at radius 1 is 1.17 bits per heavy atom. The van der Waals surface area contributed by atoms with Gasteiger partial charge in [-0.15, -0.1) is 5.10 Å². The van der Waals surface area contributed by atoms with Crippen molar-refractivity contribution in [3.8, 4) is 17.3 Å². The minimum Gasteiger partial charge on any atom is -0.479 e. The van der Waals surface area contributed by atoms with Gasteiger partial charge in [0.15, 0.2) is 23.1 Å². The zero-order valence-electron chi connectivity index (χ0n) is 14.7. The van der Waals surface area contributed by atoms with E-state index >= 15 is 0 Å². The van der Waals surface area contributed by atoms with Crippen molar-refractivity contribution >= 4 is 18.4 Å². The van der Waals surface area contributed by atoms with Crippen LogP contribution in [0.5, 0.6) is 5.75 Å². The van der Waals surface area contributed by atoms with Crippen LogP contribution in [0.25, 0.3) is 11.6 Å². The molecule has 0 atom stereocenters. The Hall–Kier alpha value is -3.67. The molecular weight excluding hydrogens is 428 g/mol. The quantitative estimate of drug-likeness (QED) is 0.202. The van der Waals surface area contributed by atoms with Gasteiger partial charge in [0.1, 0.15) is 18.1 Å². The van der Waals surface area contributed by atoms with E-state index in [1.165, 1.54) is 29.3 Å². The van der Waals surface area contributed by atoms with Crippen LogP contribution in [0.4, 0.5) is 17.6 Å². The summed E-state index contributed by atoms with van der Waals surface area (Å²) in [5, 5.41) is 10.8. The molecule has 0 fully saturated rings. The smallest absolute Gasteiger partial charge is 0.219 e. The number of rotatable bonds is 6. The van der Waals surface area contributed by atoms with Crippen molar-refractivity contribution in [1.82, 2.24) is 14.9 Å². The number of hydrogen-bond acceptors (Lipinski definition) is 6. The summed E-state index contributed by atoms with van der Waals surface area (Å²) in [5.74, 6) is -6.46. The standard InChI is InChI=1S/C18H10F4N4O3S/c19-11-6-12(20)15(22)16(14(11)21)28-8-10-4-3-9(29-10)7-23-26-17(24-25-18(26)30)13-2-1-5-27-13/h1-7H,8H2,(H,25,30)/b23-7+. The summed E-state index contributed by atoms with van der Waals surface area (Å²) < 4.78 is 70.7. The van der Waals surface area contributed by atoms with E-state index in [-0.39, 0.29) is 22.4 Å². The Balaban J connectivity index is 1.50. The number of furan rings is 2. The molecule has 0 aliphatic heterocycles. The van der Waals surface area contributed by atoms with E-state index in [0.717, 1.165) is 0 Å². The van der Waals surface area contributed by atoms with Gasteiger partial charge in [-0.1, -0.05) is 0 Å². The first-order valence-corrected chi connectivity index (χ1v) is 8.65. The van der Waals surface area contributed by atoms with Gasteiger partial charge >= 0.3 is 0 Å². The second kappa shape index (κ2) is 7.99. The van der Waals surface area contributed by atoms with Crippen LogP contribution < -0.4 is 4.74 Å². The number of aromatic nitrogens is 3. The maximum absolute atomic E-state index is 13.6. The SMILES string of the molecule is Fc1cc(F)c(F)c(OCc2ccc(/C=N/n3c(-c4ccco4)n[nH]c3=S)o2)c1F. The molecule has 4 rings (SSSR count). The third kappa shape index (κ3) is 3.76. The predicted octanol–water partition coefficient (Wildman–Crippen LogP) is 4.81. The number of hydrogen-bond donors (Lipinski definition) is 1. The predicted molar refractivity (Wildman–Crippen MR) is 97.4 cm³/mol. The molecule has 7 nitrogen and oxygen atoms in total. The maximum atomic E-state index is 13.6. The zero-order chi connectivity index (χ0) is 21.3. The molecule has 1 aromatic carbocycles. The number of nitrogens with one attached hydrogen (secondary N) is 1. The number of nitrogens with zero attached hydrogens (tertiary/aromatic N) is 3. The summed E-state index contributed by atoms with van der Waals surface area (Å²) in [7, 11) is 0. The van der Waals surface area contributed by atoms with Gasteiger partial charge in [-0.3, -0.25) is 0 Å². The third-order valence-electron chi connectivity index (χ3n) is 3.81. The van der Waals surface area contributed by atoms with E-state index in [1.54, 1.807) is 12.1 Å². The van der Waals surface area contributed by atoms with E-state index in [1.807, 2.05) is 0 Å². The molecule has 0 aliphatic carbocycles. The summed E-state index contributed by atoms with van der Waals surface area (Å²) in [6, 6.07) is 6.38. The summed E-state index contributed by atoms with van der Waals surface area (Å²) in [4.78, 5) is 0. The lowest BCUT2D eigenvalue weighted by atomic mass is 10.3. The number of aromatic amines is 1. The van der Waals surface area contributed by atoms with Gasteiger partial charge in [-0.25, -0.2) is 13.9 Å². The molecule has 0 bridgehead atoms. The van der Waals surface area contributed by atoms with Crippen molar-refractivity contribution < 1.29 is 31.1 Å². The fourth-order valence-electron chi connectivity index (χ4n) is 2.44. The van der Waals surface area contributed by atoms with Crippen molar-refractivity contribution in [2.24, 2.45) is 5.10 Å². The fourth-order valence-corrected chi connectivity index (χ4v) is 2.62. The lowest BCUT2D eigenvalue weighted by Gasteiger charge is -2.08. The van der Waals surface area contributed by atoms with Crippen LogP contribution in [0, 0.1) is 28.0 Å². The highest BCUT2D eigenvalue weighted by Gasteiger charge is 2.21. The summed E-state index contributed by atoms with van der Waals surface area (Å²) in [5.41, 5.74) is 0. The van der Waals surface area contributed by atoms with Crippen LogP contribution in [0.1, 0.15) is 11.5 Å². The molecule has 3 aromatic heterocycles. The van der Waals surface area contributed by atoms with Crippen molar-refractivity contribution in [3.63, 3.8) is 0 Å². The van der Waals surface area contributed by atoms with Gasteiger partial charge in [0, 0.05) is 6.07 Å². The zero-order valence-corrected chi connectivity index (χ0v) is 15.6. The molecular formula is C18H10F4N4O3S. The van der Waals surface area contributed by atoms with E-state index in [0.29, 0.717) is 11.6 Å². The van der Waals surface area contributed by atoms with E-state index in [9.17, 15) is 17.6 Å². The van der Waals surface area contributed by atoms with Gasteiger partial charge < -0.3 is 13.6 Å². The maximum Gasteiger partial charge on any atom is 0.219 e. The Bertz CT molecular complexity index is 1250. The minimum atomic E-state index is -1.64. The Labute approximate surface area is 170 Å². The fraction of sp³-hybridized carbons (Fsp3) is 0.0556. The molecule has 154 valence electrons. The molecule has 1 N–H and O–H groups in total. The molecule has 0 spiro atoms. The lowest BCUT2D eigenvalue weighted by Crippen LogP contribution is -2.03. The highest BCUT2D eigenvalue weighted by Crippen LogP contribution is 2.27. The van der Waals surface area contributed by atoms with Crippen LogP contribution in [0.2, 0.25) is 0 Å². The topological polar surface area (TPSA) is 81.5 Å². The first-order valence-electron chi connectivity index (χ1n) is 8.24.